The molecule has 4 heteroatoms. The smallest absolute Gasteiger partial charge is 0.0939 e. The van der Waals surface area contributed by atoms with Crippen LogP contribution in [0.25, 0.3) is 0 Å². The van der Waals surface area contributed by atoms with Crippen molar-refractivity contribution in [1.29, 1.82) is 0 Å². The predicted molar refractivity (Wildman–Crippen MR) is 65.9 cm³/mol. The van der Waals surface area contributed by atoms with Crippen LogP contribution in [0.4, 0.5) is 0 Å². The zero-order valence-electron chi connectivity index (χ0n) is 11.0. The molecule has 0 radical (unpaired) electrons. The van der Waals surface area contributed by atoms with Gasteiger partial charge in [0.05, 0.1) is 18.3 Å². The van der Waals surface area contributed by atoms with Gasteiger partial charge in [-0.2, -0.15) is 0 Å². The van der Waals surface area contributed by atoms with E-state index >= 15 is 0 Å². The summed E-state index contributed by atoms with van der Waals surface area (Å²) in [6.45, 7) is 7.18. The lowest BCUT2D eigenvalue weighted by molar-refractivity contribution is -0.108. The van der Waals surface area contributed by atoms with Crippen LogP contribution in [0.2, 0.25) is 0 Å². The Morgan fingerprint density at radius 2 is 2.29 bits per heavy atom. The highest BCUT2D eigenvalue weighted by molar-refractivity contribution is 4.94. The molecule has 4 atom stereocenters. The molecule has 2 heterocycles. The third-order valence-corrected chi connectivity index (χ3v) is 4.11. The summed E-state index contributed by atoms with van der Waals surface area (Å²) in [6, 6.07) is 0.108. The monoisotopic (exact) mass is 243 g/mol. The molecule has 0 aromatic heterocycles. The van der Waals surface area contributed by atoms with Crippen LogP contribution in [0.5, 0.6) is 0 Å². The van der Waals surface area contributed by atoms with Crippen LogP contribution in [0.15, 0.2) is 0 Å². The quantitative estimate of drug-likeness (QED) is 0.809. The molecule has 100 valence electrons. The van der Waals surface area contributed by atoms with Crippen LogP contribution in [-0.2, 0) is 14.2 Å². The molecule has 4 nitrogen and oxygen atoms in total. The molecule has 0 aromatic carbocycles. The Labute approximate surface area is 104 Å². The highest BCUT2D eigenvalue weighted by Crippen LogP contribution is 2.37. The first-order chi connectivity index (χ1) is 8.17. The van der Waals surface area contributed by atoms with Crippen molar-refractivity contribution in [2.75, 3.05) is 26.4 Å². The van der Waals surface area contributed by atoms with Crippen molar-refractivity contribution < 1.29 is 14.2 Å². The lowest BCUT2D eigenvalue weighted by atomic mass is 9.80. The Balaban J connectivity index is 1.92. The molecule has 2 aliphatic heterocycles. The van der Waals surface area contributed by atoms with E-state index in [4.69, 9.17) is 19.9 Å². The number of rotatable bonds is 4. The fourth-order valence-corrected chi connectivity index (χ4v) is 3.01. The van der Waals surface area contributed by atoms with E-state index in [1.165, 1.54) is 0 Å². The minimum absolute atomic E-state index is 0.0491. The fourth-order valence-electron chi connectivity index (χ4n) is 3.01. The lowest BCUT2D eigenvalue weighted by Crippen LogP contribution is -2.49. The van der Waals surface area contributed by atoms with Crippen LogP contribution < -0.4 is 5.73 Å². The Hall–Kier alpha value is -0.160. The summed E-state index contributed by atoms with van der Waals surface area (Å²) in [4.78, 5) is 0. The second kappa shape index (κ2) is 5.65. The Bertz CT molecular complexity index is 241. The van der Waals surface area contributed by atoms with Gasteiger partial charge in [-0.1, -0.05) is 0 Å². The number of nitrogens with two attached hydrogens (primary N) is 1. The SMILES string of the molecule is CCOC(C)C(N)C1CCOC2(CCOC2)C1. The van der Waals surface area contributed by atoms with Crippen LogP contribution in [-0.4, -0.2) is 44.2 Å². The normalized spacial score (nSPS) is 37.2. The van der Waals surface area contributed by atoms with E-state index in [0.29, 0.717) is 5.92 Å². The standard InChI is InChI=1S/C13H25NO3/c1-3-16-10(2)12(14)11-4-6-17-13(8-11)5-7-15-9-13/h10-12H,3-9,14H2,1-2H3. The van der Waals surface area contributed by atoms with Gasteiger partial charge < -0.3 is 19.9 Å². The van der Waals surface area contributed by atoms with Crippen LogP contribution >= 0.6 is 0 Å². The van der Waals surface area contributed by atoms with Gasteiger partial charge in [-0.3, -0.25) is 0 Å². The summed E-state index contributed by atoms with van der Waals surface area (Å²) in [5, 5.41) is 0. The van der Waals surface area contributed by atoms with Gasteiger partial charge in [0.2, 0.25) is 0 Å². The van der Waals surface area contributed by atoms with E-state index in [2.05, 4.69) is 6.92 Å². The van der Waals surface area contributed by atoms with Crippen molar-refractivity contribution in [3.8, 4) is 0 Å². The van der Waals surface area contributed by atoms with Gasteiger partial charge in [0.1, 0.15) is 0 Å². The van der Waals surface area contributed by atoms with E-state index in [0.717, 1.165) is 45.7 Å². The topological polar surface area (TPSA) is 53.7 Å². The number of hydrogen-bond donors (Lipinski definition) is 1. The molecular formula is C13H25NO3. The van der Waals surface area contributed by atoms with Crippen LogP contribution in [0.1, 0.15) is 33.1 Å². The summed E-state index contributed by atoms with van der Waals surface area (Å²) in [7, 11) is 0. The summed E-state index contributed by atoms with van der Waals surface area (Å²) in [6.07, 6.45) is 3.20. The molecule has 2 N–H and O–H groups in total. The summed E-state index contributed by atoms with van der Waals surface area (Å²) in [5.74, 6) is 0.493. The Morgan fingerprint density at radius 3 is 2.94 bits per heavy atom. The molecule has 4 unspecified atom stereocenters. The first-order valence-electron chi connectivity index (χ1n) is 6.76. The van der Waals surface area contributed by atoms with Crippen molar-refractivity contribution in [2.24, 2.45) is 11.7 Å². The zero-order valence-corrected chi connectivity index (χ0v) is 11.0. The highest BCUT2D eigenvalue weighted by atomic mass is 16.6. The Morgan fingerprint density at radius 1 is 1.47 bits per heavy atom. The molecule has 2 fully saturated rings. The summed E-state index contributed by atoms with van der Waals surface area (Å²) >= 11 is 0. The highest BCUT2D eigenvalue weighted by Gasteiger charge is 2.43. The van der Waals surface area contributed by atoms with Gasteiger partial charge in [0.15, 0.2) is 0 Å². The fraction of sp³-hybridized carbons (Fsp3) is 1.00. The molecule has 1 spiro atoms. The van der Waals surface area contributed by atoms with Crippen molar-refractivity contribution in [3.63, 3.8) is 0 Å². The maximum Gasteiger partial charge on any atom is 0.0939 e. The van der Waals surface area contributed by atoms with E-state index in [1.807, 2.05) is 6.92 Å². The summed E-state index contributed by atoms with van der Waals surface area (Å²) in [5.41, 5.74) is 6.26. The van der Waals surface area contributed by atoms with Gasteiger partial charge >= 0.3 is 0 Å². The minimum atomic E-state index is -0.0491. The minimum Gasteiger partial charge on any atom is -0.378 e. The first-order valence-corrected chi connectivity index (χ1v) is 6.76. The number of ether oxygens (including phenoxy) is 3. The average molecular weight is 243 g/mol. The van der Waals surface area contributed by atoms with Gasteiger partial charge in [-0.05, 0) is 32.6 Å². The van der Waals surface area contributed by atoms with Crippen molar-refractivity contribution in [2.45, 2.75) is 50.9 Å². The van der Waals surface area contributed by atoms with Crippen molar-refractivity contribution in [1.82, 2.24) is 0 Å². The average Bonchev–Trinajstić information content (AvgIpc) is 2.76. The second-order valence-electron chi connectivity index (χ2n) is 5.32. The molecule has 2 aliphatic rings. The second-order valence-corrected chi connectivity index (χ2v) is 5.32. The maximum atomic E-state index is 6.31. The van der Waals surface area contributed by atoms with Gasteiger partial charge in [0.25, 0.3) is 0 Å². The van der Waals surface area contributed by atoms with Crippen molar-refractivity contribution in [3.05, 3.63) is 0 Å². The molecule has 17 heavy (non-hydrogen) atoms. The van der Waals surface area contributed by atoms with E-state index in [9.17, 15) is 0 Å². The third-order valence-electron chi connectivity index (χ3n) is 4.11. The van der Waals surface area contributed by atoms with Crippen molar-refractivity contribution >= 4 is 0 Å². The number of hydrogen-bond acceptors (Lipinski definition) is 4. The molecule has 0 saturated carbocycles. The lowest BCUT2D eigenvalue weighted by Gasteiger charge is -2.40. The molecule has 0 bridgehead atoms. The van der Waals surface area contributed by atoms with E-state index in [1.54, 1.807) is 0 Å². The maximum absolute atomic E-state index is 6.31. The molecular weight excluding hydrogens is 218 g/mol. The molecule has 2 saturated heterocycles. The first kappa shape index (κ1) is 13.3. The largest absolute Gasteiger partial charge is 0.378 e. The van der Waals surface area contributed by atoms with Crippen LogP contribution in [0, 0.1) is 5.92 Å². The van der Waals surface area contributed by atoms with Gasteiger partial charge in [0, 0.05) is 32.3 Å². The predicted octanol–water partition coefficient (Wildman–Crippen LogP) is 1.32. The van der Waals surface area contributed by atoms with E-state index < -0.39 is 0 Å². The molecule has 0 amide bonds. The van der Waals surface area contributed by atoms with Crippen LogP contribution in [0.3, 0.4) is 0 Å². The Kier molecular flexibility index (Phi) is 4.42. The third kappa shape index (κ3) is 2.99. The molecule has 0 aromatic rings. The van der Waals surface area contributed by atoms with E-state index in [-0.39, 0.29) is 17.7 Å². The molecule has 2 rings (SSSR count). The van der Waals surface area contributed by atoms with Gasteiger partial charge in [-0.25, -0.2) is 0 Å². The summed E-state index contributed by atoms with van der Waals surface area (Å²) < 4.78 is 17.0. The van der Waals surface area contributed by atoms with Gasteiger partial charge in [-0.15, -0.1) is 0 Å². The molecule has 0 aliphatic carbocycles. The zero-order chi connectivity index (χ0) is 12.3.